The van der Waals surface area contributed by atoms with Gasteiger partial charge in [-0.05, 0) is 32.4 Å². The first kappa shape index (κ1) is 12.2. The topological polar surface area (TPSA) is 69.9 Å². The molecule has 2 aromatic heterocycles. The third-order valence-corrected chi connectivity index (χ3v) is 2.60. The Morgan fingerprint density at radius 3 is 2.83 bits per heavy atom. The van der Waals surface area contributed by atoms with E-state index in [1.165, 1.54) is 10.9 Å². The van der Waals surface area contributed by atoms with Crippen molar-refractivity contribution in [2.45, 2.75) is 20.8 Å². The van der Waals surface area contributed by atoms with E-state index in [0.29, 0.717) is 18.0 Å². The number of rotatable bonds is 3. The molecule has 0 atom stereocenters. The Balaban J connectivity index is 2.42. The third kappa shape index (κ3) is 2.22. The van der Waals surface area contributed by atoms with E-state index in [0.717, 1.165) is 11.3 Å². The smallest absolute Gasteiger partial charge is 0.358 e. The first-order valence-electron chi connectivity index (χ1n) is 5.65. The summed E-state index contributed by atoms with van der Waals surface area (Å²) >= 11 is 0. The SMILES string of the molecule is CCOC(=O)c1cnnn1-c1cnc(C)c(C)c1. The molecule has 6 nitrogen and oxygen atoms in total. The van der Waals surface area contributed by atoms with E-state index in [1.807, 2.05) is 19.9 Å². The monoisotopic (exact) mass is 246 g/mol. The van der Waals surface area contributed by atoms with Gasteiger partial charge in [-0.25, -0.2) is 9.48 Å². The van der Waals surface area contributed by atoms with Crippen molar-refractivity contribution in [1.29, 1.82) is 0 Å². The average molecular weight is 246 g/mol. The number of esters is 1. The number of pyridine rings is 1. The Hall–Kier alpha value is -2.24. The maximum Gasteiger partial charge on any atom is 0.358 e. The van der Waals surface area contributed by atoms with Gasteiger partial charge in [0.05, 0.1) is 24.7 Å². The predicted molar refractivity (Wildman–Crippen MR) is 64.6 cm³/mol. The Morgan fingerprint density at radius 1 is 1.39 bits per heavy atom. The molecule has 0 spiro atoms. The summed E-state index contributed by atoms with van der Waals surface area (Å²) in [6, 6.07) is 1.90. The quantitative estimate of drug-likeness (QED) is 0.767. The number of hydrogen-bond acceptors (Lipinski definition) is 5. The van der Waals surface area contributed by atoms with Gasteiger partial charge in [-0.1, -0.05) is 5.21 Å². The van der Waals surface area contributed by atoms with Crippen molar-refractivity contribution in [3.8, 4) is 5.69 Å². The molecule has 0 radical (unpaired) electrons. The molecule has 0 saturated heterocycles. The zero-order valence-electron chi connectivity index (χ0n) is 10.5. The molecule has 0 aliphatic heterocycles. The standard InChI is InChI=1S/C12H14N4O2/c1-4-18-12(17)11-7-14-15-16(11)10-5-8(2)9(3)13-6-10/h5-7H,4H2,1-3H3. The fraction of sp³-hybridized carbons (Fsp3) is 0.333. The number of hydrogen-bond donors (Lipinski definition) is 0. The zero-order valence-corrected chi connectivity index (χ0v) is 10.5. The molecule has 18 heavy (non-hydrogen) atoms. The van der Waals surface area contributed by atoms with Crippen LogP contribution in [0, 0.1) is 13.8 Å². The van der Waals surface area contributed by atoms with Gasteiger partial charge >= 0.3 is 5.97 Å². The summed E-state index contributed by atoms with van der Waals surface area (Å²) in [7, 11) is 0. The normalized spacial score (nSPS) is 10.4. The first-order valence-corrected chi connectivity index (χ1v) is 5.65. The van der Waals surface area contributed by atoms with Crippen LogP contribution in [0.4, 0.5) is 0 Å². The van der Waals surface area contributed by atoms with Gasteiger partial charge in [0.1, 0.15) is 0 Å². The molecule has 94 valence electrons. The van der Waals surface area contributed by atoms with Crippen molar-refractivity contribution >= 4 is 5.97 Å². The Labute approximate surface area is 105 Å². The van der Waals surface area contributed by atoms with Gasteiger partial charge in [0.25, 0.3) is 0 Å². The molecule has 0 saturated carbocycles. The van der Waals surface area contributed by atoms with Crippen LogP contribution in [-0.2, 0) is 4.74 Å². The van der Waals surface area contributed by atoms with Crippen LogP contribution in [0.1, 0.15) is 28.7 Å². The van der Waals surface area contributed by atoms with Crippen LogP contribution < -0.4 is 0 Å². The Kier molecular flexibility index (Phi) is 3.36. The summed E-state index contributed by atoms with van der Waals surface area (Å²) in [6.45, 7) is 5.94. The van der Waals surface area contributed by atoms with Gasteiger partial charge in [0, 0.05) is 5.69 Å². The lowest BCUT2D eigenvalue weighted by Crippen LogP contribution is -2.12. The van der Waals surface area contributed by atoms with Crippen LogP contribution in [-0.4, -0.2) is 32.6 Å². The van der Waals surface area contributed by atoms with E-state index in [9.17, 15) is 4.79 Å². The molecular formula is C12H14N4O2. The molecule has 0 amide bonds. The number of nitrogens with zero attached hydrogens (tertiary/aromatic N) is 4. The van der Waals surface area contributed by atoms with Crippen LogP contribution in [0.15, 0.2) is 18.5 Å². The molecule has 6 heteroatoms. The zero-order chi connectivity index (χ0) is 13.1. The molecule has 0 aliphatic carbocycles. The fourth-order valence-electron chi connectivity index (χ4n) is 1.51. The molecule has 0 bridgehead atoms. The van der Waals surface area contributed by atoms with Crippen molar-refractivity contribution in [3.05, 3.63) is 35.4 Å². The van der Waals surface area contributed by atoms with Crippen molar-refractivity contribution in [2.75, 3.05) is 6.61 Å². The summed E-state index contributed by atoms with van der Waals surface area (Å²) in [5.74, 6) is -0.444. The minimum absolute atomic E-state index is 0.293. The summed E-state index contributed by atoms with van der Waals surface area (Å²) in [6.07, 6.45) is 3.03. The minimum Gasteiger partial charge on any atom is -0.461 e. The number of carbonyl (C=O) groups excluding carboxylic acids is 1. The van der Waals surface area contributed by atoms with E-state index in [-0.39, 0.29) is 0 Å². The molecule has 2 rings (SSSR count). The number of ether oxygens (including phenoxy) is 1. The number of aromatic nitrogens is 4. The van der Waals surface area contributed by atoms with Crippen molar-refractivity contribution in [1.82, 2.24) is 20.0 Å². The lowest BCUT2D eigenvalue weighted by atomic mass is 10.2. The molecule has 2 heterocycles. The van der Waals surface area contributed by atoms with Crippen molar-refractivity contribution in [3.63, 3.8) is 0 Å². The number of aryl methyl sites for hydroxylation is 2. The highest BCUT2D eigenvalue weighted by Gasteiger charge is 2.16. The van der Waals surface area contributed by atoms with Gasteiger partial charge in [-0.2, -0.15) is 0 Å². The van der Waals surface area contributed by atoms with Crippen LogP contribution in [0.5, 0.6) is 0 Å². The van der Waals surface area contributed by atoms with Crippen LogP contribution in [0.2, 0.25) is 0 Å². The first-order chi connectivity index (χ1) is 8.63. The molecule has 0 unspecified atom stereocenters. The van der Waals surface area contributed by atoms with E-state index >= 15 is 0 Å². The van der Waals surface area contributed by atoms with Gasteiger partial charge in [0.15, 0.2) is 5.69 Å². The van der Waals surface area contributed by atoms with Crippen LogP contribution in [0.3, 0.4) is 0 Å². The van der Waals surface area contributed by atoms with Crippen molar-refractivity contribution in [2.24, 2.45) is 0 Å². The average Bonchev–Trinajstić information content (AvgIpc) is 2.82. The maximum atomic E-state index is 11.7. The molecule has 2 aromatic rings. The highest BCUT2D eigenvalue weighted by Crippen LogP contribution is 2.13. The molecular weight excluding hydrogens is 232 g/mol. The highest BCUT2D eigenvalue weighted by atomic mass is 16.5. The van der Waals surface area contributed by atoms with Crippen LogP contribution in [0.25, 0.3) is 5.69 Å². The molecule has 0 aliphatic rings. The van der Waals surface area contributed by atoms with Gasteiger partial charge in [-0.15, -0.1) is 5.10 Å². The van der Waals surface area contributed by atoms with E-state index in [4.69, 9.17) is 4.74 Å². The number of carbonyl (C=O) groups is 1. The fourth-order valence-corrected chi connectivity index (χ4v) is 1.51. The maximum absolute atomic E-state index is 11.7. The van der Waals surface area contributed by atoms with E-state index < -0.39 is 5.97 Å². The van der Waals surface area contributed by atoms with Gasteiger partial charge in [0.2, 0.25) is 0 Å². The summed E-state index contributed by atoms with van der Waals surface area (Å²) in [5, 5.41) is 7.62. The van der Waals surface area contributed by atoms with Crippen LogP contribution >= 0.6 is 0 Å². The molecule has 0 fully saturated rings. The molecule has 0 N–H and O–H groups in total. The Bertz CT molecular complexity index is 577. The van der Waals surface area contributed by atoms with E-state index in [2.05, 4.69) is 15.3 Å². The minimum atomic E-state index is -0.444. The summed E-state index contributed by atoms with van der Waals surface area (Å²) in [5.41, 5.74) is 2.95. The second-order valence-electron chi connectivity index (χ2n) is 3.85. The third-order valence-electron chi connectivity index (χ3n) is 2.60. The lowest BCUT2D eigenvalue weighted by Gasteiger charge is -2.07. The molecule has 0 aromatic carbocycles. The largest absolute Gasteiger partial charge is 0.461 e. The lowest BCUT2D eigenvalue weighted by molar-refractivity contribution is 0.0515. The Morgan fingerprint density at radius 2 is 2.17 bits per heavy atom. The van der Waals surface area contributed by atoms with E-state index in [1.54, 1.807) is 13.1 Å². The summed E-state index contributed by atoms with van der Waals surface area (Å²) in [4.78, 5) is 15.9. The van der Waals surface area contributed by atoms with Crippen molar-refractivity contribution < 1.29 is 9.53 Å². The second kappa shape index (κ2) is 4.95. The van der Waals surface area contributed by atoms with Gasteiger partial charge < -0.3 is 4.74 Å². The summed E-state index contributed by atoms with van der Waals surface area (Å²) < 4.78 is 6.37. The van der Waals surface area contributed by atoms with Gasteiger partial charge in [-0.3, -0.25) is 4.98 Å². The highest BCUT2D eigenvalue weighted by molar-refractivity contribution is 5.87. The second-order valence-corrected chi connectivity index (χ2v) is 3.85. The predicted octanol–water partition coefficient (Wildman–Crippen LogP) is 1.46.